The van der Waals surface area contributed by atoms with Crippen LogP contribution in [0.1, 0.15) is 22.5 Å². The van der Waals surface area contributed by atoms with Gasteiger partial charge < -0.3 is 5.32 Å². The number of aromatic nitrogens is 1. The predicted octanol–water partition coefficient (Wildman–Crippen LogP) is 2.18. The molecule has 6 nitrogen and oxygen atoms in total. The number of nitrogens with zero attached hydrogens (tertiary/aromatic N) is 2. The van der Waals surface area contributed by atoms with Crippen LogP contribution in [-0.2, 0) is 10.0 Å². The van der Waals surface area contributed by atoms with E-state index in [-0.39, 0.29) is 11.7 Å². The van der Waals surface area contributed by atoms with Gasteiger partial charge in [0.15, 0.2) is 0 Å². The summed E-state index contributed by atoms with van der Waals surface area (Å²) in [7, 11) is -3.19. The summed E-state index contributed by atoms with van der Waals surface area (Å²) in [6, 6.07) is 10.3. The highest BCUT2D eigenvalue weighted by Gasteiger charge is 2.28. The van der Waals surface area contributed by atoms with E-state index in [9.17, 15) is 13.2 Å². The summed E-state index contributed by atoms with van der Waals surface area (Å²) in [5.74, 6) is -0.0645. The smallest absolute Gasteiger partial charge is 0.257 e. The Balaban J connectivity index is 1.73. The number of carbonyl (C=O) groups is 1. The first-order valence-electron chi connectivity index (χ1n) is 7.30. The molecule has 1 N–H and O–H groups in total. The van der Waals surface area contributed by atoms with E-state index in [1.54, 1.807) is 36.4 Å². The van der Waals surface area contributed by atoms with Gasteiger partial charge in [0.2, 0.25) is 10.0 Å². The molecule has 1 amide bonds. The second-order valence-electron chi connectivity index (χ2n) is 5.43. The van der Waals surface area contributed by atoms with Crippen LogP contribution in [0, 0.1) is 6.92 Å². The van der Waals surface area contributed by atoms with E-state index in [2.05, 4.69) is 10.3 Å². The molecule has 1 aromatic carbocycles. The van der Waals surface area contributed by atoms with Crippen molar-refractivity contribution in [2.24, 2.45) is 0 Å². The maximum Gasteiger partial charge on any atom is 0.257 e. The third kappa shape index (κ3) is 3.34. The number of carbonyl (C=O) groups excluding carboxylic acids is 1. The van der Waals surface area contributed by atoms with Crippen LogP contribution in [0.3, 0.4) is 0 Å². The zero-order valence-corrected chi connectivity index (χ0v) is 13.5. The molecule has 2 aromatic rings. The van der Waals surface area contributed by atoms with Crippen molar-refractivity contribution < 1.29 is 13.2 Å². The zero-order chi connectivity index (χ0) is 16.4. The summed E-state index contributed by atoms with van der Waals surface area (Å²) in [5, 5.41) is 2.77. The van der Waals surface area contributed by atoms with Gasteiger partial charge in [-0.05, 0) is 49.7 Å². The molecule has 1 saturated heterocycles. The number of pyridine rings is 1. The Labute approximate surface area is 135 Å². The van der Waals surface area contributed by atoms with Gasteiger partial charge >= 0.3 is 0 Å². The van der Waals surface area contributed by atoms with Crippen molar-refractivity contribution in [3.8, 4) is 0 Å². The van der Waals surface area contributed by atoms with Gasteiger partial charge in [-0.25, -0.2) is 8.42 Å². The lowest BCUT2D eigenvalue weighted by Gasteiger charge is -2.17. The van der Waals surface area contributed by atoms with Crippen LogP contribution in [0.15, 0.2) is 42.6 Å². The average Bonchev–Trinajstić information content (AvgIpc) is 2.88. The SMILES string of the molecule is Cc1ccc(C(=O)Nc2ccc(N3CCCS3(=O)=O)cc2)cn1. The first kappa shape index (κ1) is 15.5. The topological polar surface area (TPSA) is 79.4 Å². The minimum atomic E-state index is -3.19. The summed E-state index contributed by atoms with van der Waals surface area (Å²) in [4.78, 5) is 16.2. The summed E-state index contributed by atoms with van der Waals surface area (Å²) in [6.07, 6.45) is 2.16. The third-order valence-corrected chi connectivity index (χ3v) is 5.56. The molecule has 1 aromatic heterocycles. The maximum atomic E-state index is 12.1. The number of anilines is 2. The minimum Gasteiger partial charge on any atom is -0.322 e. The van der Waals surface area contributed by atoms with Crippen molar-refractivity contribution in [1.29, 1.82) is 0 Å². The molecule has 3 rings (SSSR count). The number of benzene rings is 1. The predicted molar refractivity (Wildman–Crippen MR) is 89.1 cm³/mol. The van der Waals surface area contributed by atoms with Gasteiger partial charge in [-0.2, -0.15) is 0 Å². The van der Waals surface area contributed by atoms with E-state index >= 15 is 0 Å². The highest BCUT2D eigenvalue weighted by atomic mass is 32.2. The van der Waals surface area contributed by atoms with Gasteiger partial charge in [0, 0.05) is 24.1 Å². The van der Waals surface area contributed by atoms with Gasteiger partial charge in [0.25, 0.3) is 5.91 Å². The lowest BCUT2D eigenvalue weighted by molar-refractivity contribution is 0.102. The van der Waals surface area contributed by atoms with Crippen molar-refractivity contribution in [3.63, 3.8) is 0 Å². The van der Waals surface area contributed by atoms with Crippen LogP contribution in [0.4, 0.5) is 11.4 Å². The van der Waals surface area contributed by atoms with Crippen molar-refractivity contribution >= 4 is 27.3 Å². The molecule has 0 bridgehead atoms. The Kier molecular flexibility index (Phi) is 4.04. The number of aryl methyl sites for hydroxylation is 1. The standard InChI is InChI=1S/C16H17N3O3S/c1-12-3-4-13(11-17-12)16(20)18-14-5-7-15(8-6-14)19-9-2-10-23(19,21)22/h3-8,11H,2,9-10H2,1H3,(H,18,20). The second-order valence-corrected chi connectivity index (χ2v) is 7.44. The number of rotatable bonds is 3. The Bertz CT molecular complexity index is 815. The van der Waals surface area contributed by atoms with Crippen LogP contribution < -0.4 is 9.62 Å². The lowest BCUT2D eigenvalue weighted by Crippen LogP contribution is -2.25. The first-order valence-corrected chi connectivity index (χ1v) is 8.91. The quantitative estimate of drug-likeness (QED) is 0.935. The summed E-state index contributed by atoms with van der Waals surface area (Å²) < 4.78 is 25.2. The fourth-order valence-electron chi connectivity index (χ4n) is 2.45. The molecule has 120 valence electrons. The Hall–Kier alpha value is -2.41. The fraction of sp³-hybridized carbons (Fsp3) is 0.250. The molecular weight excluding hydrogens is 314 g/mol. The first-order chi connectivity index (χ1) is 11.0. The largest absolute Gasteiger partial charge is 0.322 e. The minimum absolute atomic E-state index is 0.186. The average molecular weight is 331 g/mol. The molecule has 1 aliphatic rings. The van der Waals surface area contributed by atoms with Gasteiger partial charge in [0.1, 0.15) is 0 Å². The Morgan fingerprint density at radius 2 is 1.91 bits per heavy atom. The molecule has 0 radical (unpaired) electrons. The molecule has 7 heteroatoms. The van der Waals surface area contributed by atoms with E-state index < -0.39 is 10.0 Å². The van der Waals surface area contributed by atoms with Crippen LogP contribution in [0.5, 0.6) is 0 Å². The van der Waals surface area contributed by atoms with Crippen molar-refractivity contribution in [2.75, 3.05) is 21.9 Å². The van der Waals surface area contributed by atoms with Crippen molar-refractivity contribution in [3.05, 3.63) is 53.9 Å². The molecular formula is C16H17N3O3S. The molecule has 1 aliphatic heterocycles. The summed E-state index contributed by atoms with van der Waals surface area (Å²) >= 11 is 0. The monoisotopic (exact) mass is 331 g/mol. The van der Waals surface area contributed by atoms with E-state index in [4.69, 9.17) is 0 Å². The molecule has 23 heavy (non-hydrogen) atoms. The summed E-state index contributed by atoms with van der Waals surface area (Å²) in [5.41, 5.74) is 2.55. The van der Waals surface area contributed by atoms with E-state index in [1.807, 2.05) is 6.92 Å². The van der Waals surface area contributed by atoms with E-state index in [0.717, 1.165) is 5.69 Å². The van der Waals surface area contributed by atoms with Gasteiger partial charge in [0.05, 0.1) is 17.0 Å². The van der Waals surface area contributed by atoms with Gasteiger partial charge in [-0.3, -0.25) is 14.1 Å². The molecule has 0 spiro atoms. The van der Waals surface area contributed by atoms with E-state index in [1.165, 1.54) is 10.5 Å². The van der Waals surface area contributed by atoms with Crippen LogP contribution >= 0.6 is 0 Å². The third-order valence-electron chi connectivity index (χ3n) is 3.69. The Morgan fingerprint density at radius 3 is 2.48 bits per heavy atom. The fourth-order valence-corrected chi connectivity index (χ4v) is 4.01. The number of amides is 1. The highest BCUT2D eigenvalue weighted by Crippen LogP contribution is 2.25. The van der Waals surface area contributed by atoms with Gasteiger partial charge in [-0.1, -0.05) is 0 Å². The van der Waals surface area contributed by atoms with Crippen LogP contribution in [0.25, 0.3) is 0 Å². The molecule has 0 saturated carbocycles. The van der Waals surface area contributed by atoms with E-state index in [0.29, 0.717) is 29.9 Å². The second kappa shape index (κ2) is 6.00. The molecule has 0 aliphatic carbocycles. The Morgan fingerprint density at radius 1 is 1.17 bits per heavy atom. The zero-order valence-electron chi connectivity index (χ0n) is 12.7. The molecule has 0 atom stereocenters. The number of nitrogens with one attached hydrogen (secondary N) is 1. The van der Waals surface area contributed by atoms with Crippen LogP contribution in [0.2, 0.25) is 0 Å². The molecule has 1 fully saturated rings. The molecule has 2 heterocycles. The maximum absolute atomic E-state index is 12.1. The van der Waals surface area contributed by atoms with Crippen molar-refractivity contribution in [1.82, 2.24) is 4.98 Å². The number of sulfonamides is 1. The van der Waals surface area contributed by atoms with Crippen molar-refractivity contribution in [2.45, 2.75) is 13.3 Å². The lowest BCUT2D eigenvalue weighted by atomic mass is 10.2. The summed E-state index contributed by atoms with van der Waals surface area (Å²) in [6.45, 7) is 2.36. The molecule has 0 unspecified atom stereocenters. The normalized spacial score (nSPS) is 16.3. The number of hydrogen-bond acceptors (Lipinski definition) is 4. The highest BCUT2D eigenvalue weighted by molar-refractivity contribution is 7.93. The number of hydrogen-bond donors (Lipinski definition) is 1. The van der Waals surface area contributed by atoms with Gasteiger partial charge in [-0.15, -0.1) is 0 Å². The van der Waals surface area contributed by atoms with Crippen LogP contribution in [-0.4, -0.2) is 31.6 Å².